The molecule has 29 heavy (non-hydrogen) atoms. The molecule has 4 bridgehead atoms. The number of aliphatic hydroxyl groups excluding tert-OH is 1. The number of alkyl carbamates (subject to hydrolysis) is 1. The zero-order valence-electron chi connectivity index (χ0n) is 17.9. The van der Waals surface area contributed by atoms with Crippen LogP contribution in [0.4, 0.5) is 4.79 Å². The van der Waals surface area contributed by atoms with Crippen molar-refractivity contribution in [3.63, 3.8) is 0 Å². The van der Waals surface area contributed by atoms with Gasteiger partial charge in [-0.1, -0.05) is 12.1 Å². The number of carbonyl (C=O) groups is 1. The average Bonchev–Trinajstić information content (AvgIpc) is 2.64. The van der Waals surface area contributed by atoms with Gasteiger partial charge < -0.3 is 19.9 Å². The zero-order chi connectivity index (χ0) is 20.6. The number of hydrogen-bond donors (Lipinski definition) is 2. The molecule has 4 fully saturated rings. The summed E-state index contributed by atoms with van der Waals surface area (Å²) in [6.45, 7) is 6.60. The largest absolute Gasteiger partial charge is 0.491 e. The van der Waals surface area contributed by atoms with Crippen LogP contribution in [0.25, 0.3) is 0 Å². The second kappa shape index (κ2) is 7.82. The summed E-state index contributed by atoms with van der Waals surface area (Å²) < 4.78 is 11.2. The van der Waals surface area contributed by atoms with Gasteiger partial charge in [0.15, 0.2) is 0 Å². The standard InChI is InChI=1S/C24H35NO4/c1-23(2,3)29-22(27)25-15-24(18-5-4-6-21(14-18)28-8-7-26)19-10-16-9-17(12-19)13-20(24)11-16/h4-6,14,16-17,19-20,26H,7-13,15H2,1-3H3,(H,25,27). The number of aliphatic hydroxyl groups is 1. The van der Waals surface area contributed by atoms with Gasteiger partial charge in [0.2, 0.25) is 0 Å². The molecule has 0 radical (unpaired) electrons. The second-order valence-corrected chi connectivity index (χ2v) is 10.3. The van der Waals surface area contributed by atoms with E-state index in [9.17, 15) is 4.79 Å². The zero-order valence-corrected chi connectivity index (χ0v) is 17.9. The third-order valence-electron chi connectivity index (χ3n) is 7.25. The fourth-order valence-corrected chi connectivity index (χ4v) is 6.46. The average molecular weight is 402 g/mol. The normalized spacial score (nSPS) is 32.8. The van der Waals surface area contributed by atoms with E-state index in [2.05, 4.69) is 17.4 Å². The molecule has 0 aromatic heterocycles. The molecule has 4 aliphatic carbocycles. The first kappa shape index (κ1) is 20.5. The molecule has 0 unspecified atom stereocenters. The molecule has 1 aromatic carbocycles. The Morgan fingerprint density at radius 2 is 1.79 bits per heavy atom. The van der Waals surface area contributed by atoms with Gasteiger partial charge in [0, 0.05) is 12.0 Å². The van der Waals surface area contributed by atoms with Crippen LogP contribution in [-0.4, -0.2) is 36.6 Å². The molecule has 5 nitrogen and oxygen atoms in total. The summed E-state index contributed by atoms with van der Waals surface area (Å²) in [6, 6.07) is 8.33. The number of benzene rings is 1. The molecule has 0 atom stereocenters. The highest BCUT2D eigenvalue weighted by atomic mass is 16.6. The molecule has 5 heteroatoms. The predicted octanol–water partition coefficient (Wildman–Crippen LogP) is 4.28. The summed E-state index contributed by atoms with van der Waals surface area (Å²) in [5.41, 5.74) is 0.695. The maximum absolute atomic E-state index is 12.5. The van der Waals surface area contributed by atoms with E-state index in [1.54, 1.807) is 0 Å². The van der Waals surface area contributed by atoms with Crippen molar-refractivity contribution >= 4 is 6.09 Å². The van der Waals surface area contributed by atoms with E-state index in [1.165, 1.54) is 37.7 Å². The first-order valence-corrected chi connectivity index (χ1v) is 11.1. The van der Waals surface area contributed by atoms with Crippen molar-refractivity contribution < 1.29 is 19.4 Å². The van der Waals surface area contributed by atoms with Gasteiger partial charge in [0.1, 0.15) is 18.0 Å². The number of nitrogens with one attached hydrogen (secondary N) is 1. The molecular formula is C24H35NO4. The lowest BCUT2D eigenvalue weighted by Crippen LogP contribution is -2.60. The monoisotopic (exact) mass is 401 g/mol. The third kappa shape index (κ3) is 4.11. The molecule has 1 amide bonds. The van der Waals surface area contributed by atoms with Crippen molar-refractivity contribution in [2.45, 2.75) is 63.9 Å². The van der Waals surface area contributed by atoms with Gasteiger partial charge in [-0.2, -0.15) is 0 Å². The van der Waals surface area contributed by atoms with Crippen LogP contribution >= 0.6 is 0 Å². The Morgan fingerprint density at radius 3 is 2.38 bits per heavy atom. The van der Waals surface area contributed by atoms with Gasteiger partial charge in [0.25, 0.3) is 0 Å². The van der Waals surface area contributed by atoms with Gasteiger partial charge in [-0.05, 0) is 94.2 Å². The minimum atomic E-state index is -0.501. The summed E-state index contributed by atoms with van der Waals surface area (Å²) in [5.74, 6) is 3.66. The summed E-state index contributed by atoms with van der Waals surface area (Å²) in [4.78, 5) is 12.5. The number of hydrogen-bond acceptors (Lipinski definition) is 4. The number of rotatable bonds is 6. The minimum Gasteiger partial charge on any atom is -0.491 e. The van der Waals surface area contributed by atoms with Gasteiger partial charge in [-0.3, -0.25) is 0 Å². The van der Waals surface area contributed by atoms with E-state index in [-0.39, 0.29) is 18.1 Å². The Bertz CT molecular complexity index is 711. The van der Waals surface area contributed by atoms with E-state index < -0.39 is 5.60 Å². The second-order valence-electron chi connectivity index (χ2n) is 10.3. The van der Waals surface area contributed by atoms with Crippen LogP contribution in [0, 0.1) is 23.7 Å². The van der Waals surface area contributed by atoms with Crippen LogP contribution in [0.1, 0.15) is 58.4 Å². The Hall–Kier alpha value is -1.75. The Labute approximate surface area is 174 Å². The fraction of sp³-hybridized carbons (Fsp3) is 0.708. The lowest BCUT2D eigenvalue weighted by molar-refractivity contribution is -0.0607. The smallest absolute Gasteiger partial charge is 0.407 e. The number of ether oxygens (including phenoxy) is 2. The van der Waals surface area contributed by atoms with Crippen LogP contribution in [0.2, 0.25) is 0 Å². The van der Waals surface area contributed by atoms with E-state index in [4.69, 9.17) is 14.6 Å². The summed E-state index contributed by atoms with van der Waals surface area (Å²) >= 11 is 0. The van der Waals surface area contributed by atoms with E-state index in [1.807, 2.05) is 32.9 Å². The summed E-state index contributed by atoms with van der Waals surface area (Å²) in [6.07, 6.45) is 6.07. The lowest BCUT2D eigenvalue weighted by atomic mass is 9.43. The molecule has 0 spiro atoms. The maximum Gasteiger partial charge on any atom is 0.407 e. The van der Waals surface area contributed by atoms with Crippen LogP contribution in [0.3, 0.4) is 0 Å². The first-order chi connectivity index (χ1) is 13.8. The van der Waals surface area contributed by atoms with Gasteiger partial charge in [-0.25, -0.2) is 4.79 Å². The molecular weight excluding hydrogens is 366 g/mol. The SMILES string of the molecule is CC(C)(C)OC(=O)NCC1(c2cccc(OCCO)c2)C2CC3CC(C2)CC1C3. The summed E-state index contributed by atoms with van der Waals surface area (Å²) in [7, 11) is 0. The van der Waals surface area contributed by atoms with Crippen molar-refractivity contribution in [1.29, 1.82) is 0 Å². The molecule has 5 rings (SSSR count). The predicted molar refractivity (Wildman–Crippen MR) is 112 cm³/mol. The molecule has 1 aromatic rings. The highest BCUT2D eigenvalue weighted by Gasteiger charge is 2.57. The number of amides is 1. The molecule has 0 saturated heterocycles. The van der Waals surface area contributed by atoms with Gasteiger partial charge in [-0.15, -0.1) is 0 Å². The molecule has 0 aliphatic heterocycles. The minimum absolute atomic E-state index is 0.00415. The van der Waals surface area contributed by atoms with Crippen molar-refractivity contribution in [2.75, 3.05) is 19.8 Å². The van der Waals surface area contributed by atoms with Gasteiger partial charge in [0.05, 0.1) is 6.61 Å². The first-order valence-electron chi connectivity index (χ1n) is 11.1. The molecule has 0 heterocycles. The van der Waals surface area contributed by atoms with E-state index in [0.29, 0.717) is 25.0 Å². The van der Waals surface area contributed by atoms with Crippen molar-refractivity contribution in [2.24, 2.45) is 23.7 Å². The highest BCUT2D eigenvalue weighted by Crippen LogP contribution is 2.62. The van der Waals surface area contributed by atoms with Crippen LogP contribution in [0.5, 0.6) is 5.75 Å². The van der Waals surface area contributed by atoms with Crippen molar-refractivity contribution in [3.8, 4) is 5.75 Å². The highest BCUT2D eigenvalue weighted by molar-refractivity contribution is 5.68. The fourth-order valence-electron chi connectivity index (χ4n) is 6.46. The topological polar surface area (TPSA) is 67.8 Å². The Morgan fingerprint density at radius 1 is 1.14 bits per heavy atom. The molecule has 4 aliphatic rings. The molecule has 4 saturated carbocycles. The van der Waals surface area contributed by atoms with Gasteiger partial charge >= 0.3 is 6.09 Å². The van der Waals surface area contributed by atoms with Crippen molar-refractivity contribution in [3.05, 3.63) is 29.8 Å². The lowest BCUT2D eigenvalue weighted by Gasteiger charge is -2.61. The number of carbonyl (C=O) groups excluding carboxylic acids is 1. The molecule has 2 N–H and O–H groups in total. The van der Waals surface area contributed by atoms with E-state index >= 15 is 0 Å². The molecule has 160 valence electrons. The maximum atomic E-state index is 12.5. The third-order valence-corrected chi connectivity index (χ3v) is 7.25. The quantitative estimate of drug-likeness (QED) is 0.747. The Kier molecular flexibility index (Phi) is 5.54. The van der Waals surface area contributed by atoms with Crippen LogP contribution < -0.4 is 10.1 Å². The van der Waals surface area contributed by atoms with Crippen molar-refractivity contribution in [1.82, 2.24) is 5.32 Å². The summed E-state index contributed by atoms with van der Waals surface area (Å²) in [5, 5.41) is 12.2. The Balaban J connectivity index is 1.63. The van der Waals surface area contributed by atoms with E-state index in [0.717, 1.165) is 17.6 Å². The van der Waals surface area contributed by atoms with Crippen LogP contribution in [0.15, 0.2) is 24.3 Å². The van der Waals surface area contributed by atoms with Crippen LogP contribution in [-0.2, 0) is 10.2 Å².